The summed E-state index contributed by atoms with van der Waals surface area (Å²) >= 11 is 0. The van der Waals surface area contributed by atoms with Crippen molar-refractivity contribution in [2.75, 3.05) is 6.54 Å². The van der Waals surface area contributed by atoms with Gasteiger partial charge in [-0.1, -0.05) is 35.5 Å². The number of hydrogen-bond acceptors (Lipinski definition) is 6. The maximum Gasteiger partial charge on any atom is 0.416 e. The third-order valence-electron chi connectivity index (χ3n) is 3.98. The zero-order valence-corrected chi connectivity index (χ0v) is 15.6. The van der Waals surface area contributed by atoms with Gasteiger partial charge in [0.15, 0.2) is 6.10 Å². The van der Waals surface area contributed by atoms with E-state index in [-0.39, 0.29) is 23.8 Å². The van der Waals surface area contributed by atoms with Gasteiger partial charge in [0.05, 0.1) is 5.56 Å². The quantitative estimate of drug-likeness (QED) is 0.611. The molecule has 0 saturated carbocycles. The van der Waals surface area contributed by atoms with E-state index in [1.54, 1.807) is 30.3 Å². The second-order valence-corrected chi connectivity index (χ2v) is 6.22. The molecular weight excluding hydrogens is 403 g/mol. The maximum atomic E-state index is 12.8. The standard InChI is InChI=1S/C20H16F3N3O4/c1-12(29-16(27)11-24-18(28)13-6-3-2-4-7-13)19-25-17(26-30-19)14-8-5-9-15(10-14)20(21,22)23/h2-10,12H,11H2,1H3,(H,24,28). The van der Waals surface area contributed by atoms with Gasteiger partial charge in [0, 0.05) is 11.1 Å². The highest BCUT2D eigenvalue weighted by Crippen LogP contribution is 2.31. The third kappa shape index (κ3) is 5.22. The summed E-state index contributed by atoms with van der Waals surface area (Å²) in [6.45, 7) is 1.08. The number of carbonyl (C=O) groups is 2. The van der Waals surface area contributed by atoms with E-state index in [1.165, 1.54) is 19.1 Å². The van der Waals surface area contributed by atoms with Crippen LogP contribution in [-0.4, -0.2) is 28.6 Å². The first kappa shape index (κ1) is 21.0. The highest BCUT2D eigenvalue weighted by atomic mass is 19.4. The number of halogens is 3. The number of carbonyl (C=O) groups excluding carboxylic acids is 2. The zero-order chi connectivity index (χ0) is 21.7. The summed E-state index contributed by atoms with van der Waals surface area (Å²) in [7, 11) is 0. The van der Waals surface area contributed by atoms with Crippen molar-refractivity contribution in [1.82, 2.24) is 15.5 Å². The summed E-state index contributed by atoms with van der Waals surface area (Å²) in [5.41, 5.74) is -0.352. The number of rotatable bonds is 6. The van der Waals surface area contributed by atoms with Crippen LogP contribution in [0.2, 0.25) is 0 Å². The fourth-order valence-electron chi connectivity index (χ4n) is 2.49. The summed E-state index contributed by atoms with van der Waals surface area (Å²) in [6.07, 6.45) is -5.46. The SMILES string of the molecule is CC(OC(=O)CNC(=O)c1ccccc1)c1nc(-c2cccc(C(F)(F)F)c2)no1. The molecule has 0 aliphatic carbocycles. The van der Waals surface area contributed by atoms with E-state index in [4.69, 9.17) is 9.26 Å². The summed E-state index contributed by atoms with van der Waals surface area (Å²) in [4.78, 5) is 27.9. The van der Waals surface area contributed by atoms with Gasteiger partial charge in [0.1, 0.15) is 6.54 Å². The van der Waals surface area contributed by atoms with Crippen molar-refractivity contribution in [1.29, 1.82) is 0 Å². The van der Waals surface area contributed by atoms with Gasteiger partial charge in [-0.2, -0.15) is 18.2 Å². The van der Waals surface area contributed by atoms with Crippen molar-refractivity contribution in [3.05, 3.63) is 71.6 Å². The lowest BCUT2D eigenvalue weighted by atomic mass is 10.1. The topological polar surface area (TPSA) is 94.3 Å². The number of esters is 1. The van der Waals surface area contributed by atoms with Gasteiger partial charge < -0.3 is 14.6 Å². The number of ether oxygens (including phenoxy) is 1. The Hall–Kier alpha value is -3.69. The van der Waals surface area contributed by atoms with Gasteiger partial charge in [0.2, 0.25) is 5.82 Å². The fourth-order valence-corrected chi connectivity index (χ4v) is 2.49. The monoisotopic (exact) mass is 419 g/mol. The zero-order valence-electron chi connectivity index (χ0n) is 15.6. The predicted molar refractivity (Wildman–Crippen MR) is 98.0 cm³/mol. The van der Waals surface area contributed by atoms with Crippen molar-refractivity contribution in [3.8, 4) is 11.4 Å². The van der Waals surface area contributed by atoms with E-state index in [0.717, 1.165) is 12.1 Å². The molecule has 1 N–H and O–H groups in total. The summed E-state index contributed by atoms with van der Waals surface area (Å²) in [5, 5.41) is 6.06. The molecule has 1 amide bonds. The number of hydrogen-bond donors (Lipinski definition) is 1. The van der Waals surface area contributed by atoms with Crippen LogP contribution in [0.3, 0.4) is 0 Å². The molecule has 1 heterocycles. The molecule has 0 aliphatic heterocycles. The average molecular weight is 419 g/mol. The van der Waals surface area contributed by atoms with Crippen molar-refractivity contribution < 1.29 is 32.0 Å². The Bertz CT molecular complexity index is 1040. The number of amides is 1. The molecular formula is C20H16F3N3O4. The maximum absolute atomic E-state index is 12.8. The molecule has 0 fully saturated rings. The lowest BCUT2D eigenvalue weighted by Gasteiger charge is -2.10. The Balaban J connectivity index is 1.59. The Labute approximate surface area is 168 Å². The van der Waals surface area contributed by atoms with Crippen molar-refractivity contribution in [3.63, 3.8) is 0 Å². The molecule has 156 valence electrons. The van der Waals surface area contributed by atoms with Crippen molar-refractivity contribution in [2.45, 2.75) is 19.2 Å². The number of alkyl halides is 3. The van der Waals surface area contributed by atoms with E-state index in [1.807, 2.05) is 0 Å². The lowest BCUT2D eigenvalue weighted by Crippen LogP contribution is -2.31. The predicted octanol–water partition coefficient (Wildman–Crippen LogP) is 3.79. The normalized spacial score (nSPS) is 12.3. The molecule has 3 rings (SSSR count). The molecule has 10 heteroatoms. The van der Waals surface area contributed by atoms with E-state index in [0.29, 0.717) is 5.56 Å². The van der Waals surface area contributed by atoms with Gasteiger partial charge in [-0.05, 0) is 31.2 Å². The highest BCUT2D eigenvalue weighted by Gasteiger charge is 2.31. The molecule has 1 atom stereocenters. The molecule has 2 aromatic carbocycles. The van der Waals surface area contributed by atoms with E-state index >= 15 is 0 Å². The minimum atomic E-state index is -4.50. The fraction of sp³-hybridized carbons (Fsp3) is 0.200. The van der Waals surface area contributed by atoms with E-state index in [2.05, 4.69) is 15.5 Å². The molecule has 3 aromatic rings. The summed E-state index contributed by atoms with van der Waals surface area (Å²) in [5.74, 6) is -1.35. The van der Waals surface area contributed by atoms with Gasteiger partial charge in [-0.3, -0.25) is 9.59 Å². The van der Waals surface area contributed by atoms with Crippen LogP contribution in [0.25, 0.3) is 11.4 Å². The Kier molecular flexibility index (Phi) is 6.14. The highest BCUT2D eigenvalue weighted by molar-refractivity contribution is 5.95. The van der Waals surface area contributed by atoms with Gasteiger partial charge in [-0.15, -0.1) is 0 Å². The summed E-state index contributed by atoms with van der Waals surface area (Å²) < 4.78 is 48.7. The number of benzene rings is 2. The van der Waals surface area contributed by atoms with Crippen LogP contribution in [0, 0.1) is 0 Å². The number of nitrogens with one attached hydrogen (secondary N) is 1. The Morgan fingerprint density at radius 3 is 2.57 bits per heavy atom. The average Bonchev–Trinajstić information content (AvgIpc) is 3.23. The second kappa shape index (κ2) is 8.76. The Morgan fingerprint density at radius 1 is 1.13 bits per heavy atom. The first-order chi connectivity index (χ1) is 14.2. The smallest absolute Gasteiger partial charge is 0.416 e. The third-order valence-corrected chi connectivity index (χ3v) is 3.98. The molecule has 0 radical (unpaired) electrons. The minimum Gasteiger partial charge on any atom is -0.451 e. The van der Waals surface area contributed by atoms with E-state index < -0.39 is 29.7 Å². The molecule has 0 bridgehead atoms. The number of aromatic nitrogens is 2. The van der Waals surface area contributed by atoms with Crippen LogP contribution >= 0.6 is 0 Å². The molecule has 30 heavy (non-hydrogen) atoms. The molecule has 1 aromatic heterocycles. The molecule has 0 aliphatic rings. The summed E-state index contributed by atoms with van der Waals surface area (Å²) in [6, 6.07) is 12.8. The van der Waals surface area contributed by atoms with Gasteiger partial charge in [0.25, 0.3) is 11.8 Å². The first-order valence-electron chi connectivity index (χ1n) is 8.78. The molecule has 0 saturated heterocycles. The van der Waals surface area contributed by atoms with Crippen LogP contribution in [0.15, 0.2) is 59.1 Å². The molecule has 1 unspecified atom stereocenters. The minimum absolute atomic E-state index is 0.0728. The molecule has 0 spiro atoms. The van der Waals surface area contributed by atoms with Gasteiger partial charge in [-0.25, -0.2) is 0 Å². The van der Waals surface area contributed by atoms with Crippen LogP contribution in [-0.2, 0) is 15.7 Å². The molecule has 7 nitrogen and oxygen atoms in total. The van der Waals surface area contributed by atoms with Crippen LogP contribution in [0.5, 0.6) is 0 Å². The van der Waals surface area contributed by atoms with Crippen molar-refractivity contribution in [2.24, 2.45) is 0 Å². The van der Waals surface area contributed by atoms with Crippen LogP contribution in [0.4, 0.5) is 13.2 Å². The largest absolute Gasteiger partial charge is 0.451 e. The van der Waals surface area contributed by atoms with Crippen LogP contribution < -0.4 is 5.32 Å². The lowest BCUT2D eigenvalue weighted by molar-refractivity contribution is -0.148. The second-order valence-electron chi connectivity index (χ2n) is 6.22. The van der Waals surface area contributed by atoms with Crippen molar-refractivity contribution >= 4 is 11.9 Å². The Morgan fingerprint density at radius 2 is 1.87 bits per heavy atom. The van der Waals surface area contributed by atoms with Gasteiger partial charge >= 0.3 is 12.1 Å². The van der Waals surface area contributed by atoms with E-state index in [9.17, 15) is 22.8 Å². The number of nitrogens with zero attached hydrogens (tertiary/aromatic N) is 2. The first-order valence-corrected chi connectivity index (χ1v) is 8.78. The van der Waals surface area contributed by atoms with Crippen LogP contribution in [0.1, 0.15) is 34.8 Å².